The van der Waals surface area contributed by atoms with E-state index in [-0.39, 0.29) is 27.4 Å². The van der Waals surface area contributed by atoms with Crippen molar-refractivity contribution in [1.29, 1.82) is 0 Å². The van der Waals surface area contributed by atoms with Crippen molar-refractivity contribution >= 4 is 40.9 Å². The monoisotopic (exact) mass is 597 g/mol. The first-order valence-electron chi connectivity index (χ1n) is 13.5. The molecule has 1 saturated heterocycles. The zero-order chi connectivity index (χ0) is 28.1. The summed E-state index contributed by atoms with van der Waals surface area (Å²) < 4.78 is 12.6. The van der Waals surface area contributed by atoms with Crippen molar-refractivity contribution < 1.29 is 14.3 Å². The van der Waals surface area contributed by atoms with E-state index >= 15 is 0 Å². The summed E-state index contributed by atoms with van der Waals surface area (Å²) in [6.45, 7) is 4.56. The van der Waals surface area contributed by atoms with Crippen molar-refractivity contribution in [1.82, 2.24) is 15.2 Å². The maximum Gasteiger partial charge on any atom is 0.280 e. The van der Waals surface area contributed by atoms with Gasteiger partial charge >= 0.3 is 0 Å². The van der Waals surface area contributed by atoms with Gasteiger partial charge in [0.2, 0.25) is 0 Å². The minimum Gasteiger partial charge on any atom is -0.452 e. The summed E-state index contributed by atoms with van der Waals surface area (Å²) in [6.07, 6.45) is 11.0. The second kappa shape index (κ2) is 12.9. The first-order valence-corrected chi connectivity index (χ1v) is 15.5. The molecule has 5 rings (SSSR count). The molecule has 2 aliphatic heterocycles. The molecule has 1 aromatic heterocycles. The van der Waals surface area contributed by atoms with Crippen LogP contribution in [0.4, 0.5) is 0 Å². The Labute approximate surface area is 250 Å². The number of halogens is 2. The number of pyridine rings is 1. The Balaban J connectivity index is 1.22. The van der Waals surface area contributed by atoms with Crippen molar-refractivity contribution in [2.24, 2.45) is 5.92 Å². The normalized spacial score (nSPS) is 17.7. The molecule has 1 amide bonds. The van der Waals surface area contributed by atoms with Crippen LogP contribution in [0.5, 0.6) is 0 Å². The summed E-state index contributed by atoms with van der Waals surface area (Å²) in [5, 5.41) is 3.45. The quantitative estimate of drug-likeness (QED) is 0.260. The number of amides is 1. The molecule has 1 atom stereocenters. The lowest BCUT2D eigenvalue weighted by atomic mass is 9.81. The number of nitrogens with one attached hydrogen (secondary N) is 1. The Morgan fingerprint density at radius 2 is 1.73 bits per heavy atom. The molecule has 0 spiro atoms. The average molecular weight is 599 g/mol. The van der Waals surface area contributed by atoms with Crippen LogP contribution in [0, 0.1) is 5.92 Å². The molecule has 210 valence electrons. The fraction of sp³-hybridized carbons (Fsp3) is 0.355. The predicted molar refractivity (Wildman–Crippen MR) is 162 cm³/mol. The van der Waals surface area contributed by atoms with Crippen LogP contribution in [0.3, 0.4) is 0 Å². The van der Waals surface area contributed by atoms with E-state index in [1.54, 1.807) is 24.3 Å². The van der Waals surface area contributed by atoms with Gasteiger partial charge in [-0.15, -0.1) is 11.8 Å². The molecule has 3 heterocycles. The van der Waals surface area contributed by atoms with Crippen LogP contribution in [0.2, 0.25) is 10.0 Å². The summed E-state index contributed by atoms with van der Waals surface area (Å²) >= 11 is 14.0. The standard InChI is InChI=1S/C31H33Cl2N3O3S/c1-21(11-14-35-30(37)29-27(32)19-34-20-28(29)33)36-15-12-23(13-16-36)31(38-17-18-39-31)26-6-4-3-5-25(26)22-7-9-24(40-2)10-8-22/h3-10,17-21,23H,11-16H2,1-2H3,(H,35,37). The van der Waals surface area contributed by atoms with Gasteiger partial charge in [-0.2, -0.15) is 0 Å². The lowest BCUT2D eigenvalue weighted by Crippen LogP contribution is -2.47. The Hall–Kier alpha value is -2.71. The van der Waals surface area contributed by atoms with Gasteiger partial charge in [0.1, 0.15) is 12.5 Å². The molecule has 0 saturated carbocycles. The van der Waals surface area contributed by atoms with Gasteiger partial charge in [0, 0.05) is 41.4 Å². The summed E-state index contributed by atoms with van der Waals surface area (Å²) in [5.41, 5.74) is 3.59. The van der Waals surface area contributed by atoms with E-state index < -0.39 is 5.79 Å². The Morgan fingerprint density at radius 1 is 1.07 bits per heavy atom. The lowest BCUT2D eigenvalue weighted by molar-refractivity contribution is -0.201. The van der Waals surface area contributed by atoms with Gasteiger partial charge < -0.3 is 19.7 Å². The minimum atomic E-state index is -0.846. The number of rotatable bonds is 9. The highest BCUT2D eigenvalue weighted by Gasteiger charge is 2.48. The van der Waals surface area contributed by atoms with Crippen LogP contribution < -0.4 is 5.32 Å². The van der Waals surface area contributed by atoms with E-state index in [0.29, 0.717) is 12.6 Å². The molecule has 0 bridgehead atoms. The number of likely N-dealkylation sites (tertiary alicyclic amines) is 1. The maximum atomic E-state index is 12.6. The number of nitrogens with zero attached hydrogens (tertiary/aromatic N) is 2. The fourth-order valence-electron chi connectivity index (χ4n) is 5.65. The third-order valence-electron chi connectivity index (χ3n) is 7.86. The van der Waals surface area contributed by atoms with Gasteiger partial charge in [0.25, 0.3) is 11.7 Å². The van der Waals surface area contributed by atoms with Gasteiger partial charge in [-0.25, -0.2) is 0 Å². The Morgan fingerprint density at radius 3 is 2.38 bits per heavy atom. The van der Waals surface area contributed by atoms with Gasteiger partial charge in [-0.3, -0.25) is 9.78 Å². The van der Waals surface area contributed by atoms with Gasteiger partial charge in [0.05, 0.1) is 15.6 Å². The molecule has 2 aliphatic rings. The molecule has 0 aliphatic carbocycles. The van der Waals surface area contributed by atoms with E-state index in [0.717, 1.165) is 49.0 Å². The third kappa shape index (κ3) is 5.98. The first-order chi connectivity index (χ1) is 19.4. The molecule has 40 heavy (non-hydrogen) atoms. The number of ether oxygens (including phenoxy) is 2. The molecule has 2 aromatic carbocycles. The van der Waals surface area contributed by atoms with Crippen molar-refractivity contribution in [2.45, 2.75) is 42.9 Å². The predicted octanol–water partition coefficient (Wildman–Crippen LogP) is 7.37. The largest absolute Gasteiger partial charge is 0.452 e. The maximum absolute atomic E-state index is 12.6. The van der Waals surface area contributed by atoms with E-state index in [1.807, 2.05) is 0 Å². The van der Waals surface area contributed by atoms with Crippen LogP contribution in [-0.4, -0.2) is 47.7 Å². The second-order valence-corrected chi connectivity index (χ2v) is 11.8. The van der Waals surface area contributed by atoms with Gasteiger partial charge in [-0.05, 0) is 68.8 Å². The van der Waals surface area contributed by atoms with Crippen molar-refractivity contribution in [3.63, 3.8) is 0 Å². The highest BCUT2D eigenvalue weighted by molar-refractivity contribution is 7.98. The van der Waals surface area contributed by atoms with E-state index in [1.165, 1.54) is 17.3 Å². The molecule has 1 unspecified atom stereocenters. The van der Waals surface area contributed by atoms with Gasteiger partial charge in [-0.1, -0.05) is 59.6 Å². The Bertz CT molecular complexity index is 1330. The van der Waals surface area contributed by atoms with Crippen LogP contribution in [0.25, 0.3) is 11.1 Å². The van der Waals surface area contributed by atoms with Crippen LogP contribution in [-0.2, 0) is 15.3 Å². The lowest BCUT2D eigenvalue weighted by Gasteiger charge is -2.43. The molecule has 9 heteroatoms. The van der Waals surface area contributed by atoms with E-state index in [4.69, 9.17) is 32.7 Å². The fourth-order valence-corrected chi connectivity index (χ4v) is 6.59. The van der Waals surface area contributed by atoms with E-state index in [2.05, 4.69) is 76.9 Å². The number of thioether (sulfide) groups is 1. The molecule has 6 nitrogen and oxygen atoms in total. The highest BCUT2D eigenvalue weighted by Crippen LogP contribution is 2.47. The average Bonchev–Trinajstić information content (AvgIpc) is 3.48. The van der Waals surface area contributed by atoms with Crippen LogP contribution in [0.1, 0.15) is 42.1 Å². The summed E-state index contributed by atoms with van der Waals surface area (Å²) in [5.74, 6) is -0.940. The third-order valence-corrected chi connectivity index (χ3v) is 9.18. The van der Waals surface area contributed by atoms with Crippen molar-refractivity contribution in [2.75, 3.05) is 25.9 Å². The van der Waals surface area contributed by atoms with E-state index in [9.17, 15) is 4.79 Å². The highest BCUT2D eigenvalue weighted by atomic mass is 35.5. The van der Waals surface area contributed by atoms with Gasteiger partial charge in [0.15, 0.2) is 0 Å². The number of carbonyl (C=O) groups is 1. The SMILES string of the molecule is CSc1ccc(-c2ccccc2C2(C3CCN(C(C)CCNC(=O)c4c(Cl)cncc4Cl)CC3)OC=CO2)cc1. The van der Waals surface area contributed by atoms with Crippen LogP contribution >= 0.6 is 35.0 Å². The second-order valence-electron chi connectivity index (χ2n) is 10.1. The molecule has 1 N–H and O–H groups in total. The smallest absolute Gasteiger partial charge is 0.280 e. The molecule has 1 fully saturated rings. The molecule has 0 radical (unpaired) electrons. The first kappa shape index (κ1) is 28.8. The molecular formula is C31H33Cl2N3O3S. The van der Waals surface area contributed by atoms with Crippen molar-refractivity contribution in [3.8, 4) is 11.1 Å². The molecular weight excluding hydrogens is 565 g/mol. The number of benzene rings is 2. The zero-order valence-corrected chi connectivity index (χ0v) is 24.9. The number of hydrogen-bond acceptors (Lipinski definition) is 6. The summed E-state index contributed by atoms with van der Waals surface area (Å²) in [7, 11) is 0. The molecule has 3 aromatic rings. The topological polar surface area (TPSA) is 63.7 Å². The van der Waals surface area contributed by atoms with Crippen LogP contribution in [0.15, 0.2) is 78.3 Å². The number of hydrogen-bond donors (Lipinski definition) is 1. The Kier molecular flexibility index (Phi) is 9.26. The summed E-state index contributed by atoms with van der Waals surface area (Å²) in [6, 6.07) is 17.3. The summed E-state index contributed by atoms with van der Waals surface area (Å²) in [4.78, 5) is 20.2. The number of aromatic nitrogens is 1. The zero-order valence-electron chi connectivity index (χ0n) is 22.6. The van der Waals surface area contributed by atoms with Crippen molar-refractivity contribution in [3.05, 3.63) is 94.6 Å². The number of piperidine rings is 1. The minimum absolute atomic E-state index is 0.188. The number of carbonyl (C=O) groups excluding carboxylic acids is 1.